The molecule has 0 radical (unpaired) electrons. The first kappa shape index (κ1) is 11.5. The molecule has 1 heteroatoms. The van der Waals surface area contributed by atoms with Crippen LogP contribution in [0.25, 0.3) is 0 Å². The molecule has 0 fully saturated rings. The van der Waals surface area contributed by atoms with Gasteiger partial charge < -0.3 is 5.32 Å². The van der Waals surface area contributed by atoms with E-state index >= 15 is 0 Å². The van der Waals surface area contributed by atoms with Crippen molar-refractivity contribution in [3.63, 3.8) is 0 Å². The molecule has 0 amide bonds. The summed E-state index contributed by atoms with van der Waals surface area (Å²) in [7, 11) is 0. The lowest BCUT2D eigenvalue weighted by Gasteiger charge is -2.18. The zero-order chi connectivity index (χ0) is 10.4. The maximum Gasteiger partial charge on any atom is 0.0138 e. The van der Waals surface area contributed by atoms with Crippen molar-refractivity contribution in [1.29, 1.82) is 0 Å². The molecule has 0 bridgehead atoms. The molecule has 0 aromatic rings. The maximum absolute atomic E-state index is 3.66. The van der Waals surface area contributed by atoms with Gasteiger partial charge in [0, 0.05) is 12.1 Å². The number of allylic oxidation sites excluding steroid dienone is 2. The third-order valence-corrected chi connectivity index (χ3v) is 2.68. The highest BCUT2D eigenvalue weighted by atomic mass is 14.9. The van der Waals surface area contributed by atoms with E-state index in [9.17, 15) is 0 Å². The molecule has 0 aliphatic heterocycles. The van der Waals surface area contributed by atoms with Crippen LogP contribution < -0.4 is 5.32 Å². The molecule has 80 valence electrons. The van der Waals surface area contributed by atoms with E-state index in [-0.39, 0.29) is 0 Å². The normalized spacial score (nSPS) is 18.5. The SMILES string of the molecule is CC(C)=CCCC(C)NC1CC=CC1. The van der Waals surface area contributed by atoms with Crippen LogP contribution >= 0.6 is 0 Å². The van der Waals surface area contributed by atoms with Crippen molar-refractivity contribution in [1.82, 2.24) is 5.32 Å². The molecule has 1 N–H and O–H groups in total. The molecular weight excluding hydrogens is 170 g/mol. The van der Waals surface area contributed by atoms with Crippen molar-refractivity contribution in [3.05, 3.63) is 23.8 Å². The van der Waals surface area contributed by atoms with Crippen LogP contribution in [0.3, 0.4) is 0 Å². The molecule has 0 spiro atoms. The van der Waals surface area contributed by atoms with Crippen molar-refractivity contribution in [3.8, 4) is 0 Å². The fraction of sp³-hybridized carbons (Fsp3) is 0.692. The van der Waals surface area contributed by atoms with Gasteiger partial charge in [-0.3, -0.25) is 0 Å². The lowest BCUT2D eigenvalue weighted by molar-refractivity contribution is 0.441. The molecule has 1 aliphatic carbocycles. The van der Waals surface area contributed by atoms with Gasteiger partial charge in [-0.2, -0.15) is 0 Å². The summed E-state index contributed by atoms with van der Waals surface area (Å²) < 4.78 is 0. The van der Waals surface area contributed by atoms with Crippen LogP contribution in [-0.2, 0) is 0 Å². The standard InChI is InChI=1S/C13H23N/c1-11(2)7-6-8-12(3)14-13-9-4-5-10-13/h4-5,7,12-14H,6,8-10H2,1-3H3. The molecule has 1 aliphatic rings. The highest BCUT2D eigenvalue weighted by Gasteiger charge is 2.11. The predicted octanol–water partition coefficient (Wildman–Crippen LogP) is 3.43. The van der Waals surface area contributed by atoms with Crippen molar-refractivity contribution in [2.75, 3.05) is 0 Å². The maximum atomic E-state index is 3.66. The van der Waals surface area contributed by atoms with Gasteiger partial charge in [0.2, 0.25) is 0 Å². The van der Waals surface area contributed by atoms with Crippen LogP contribution in [0, 0.1) is 0 Å². The minimum atomic E-state index is 0.649. The van der Waals surface area contributed by atoms with Crippen LogP contribution in [0.1, 0.15) is 46.5 Å². The lowest BCUT2D eigenvalue weighted by atomic mass is 10.1. The topological polar surface area (TPSA) is 12.0 Å². The molecule has 1 unspecified atom stereocenters. The summed E-state index contributed by atoms with van der Waals surface area (Å²) in [6.45, 7) is 6.62. The summed E-state index contributed by atoms with van der Waals surface area (Å²) in [4.78, 5) is 0. The Labute approximate surface area is 88.3 Å². The van der Waals surface area contributed by atoms with Crippen molar-refractivity contribution >= 4 is 0 Å². The molecular formula is C13H23N. The second-order valence-corrected chi connectivity index (χ2v) is 4.57. The summed E-state index contributed by atoms with van der Waals surface area (Å²) in [6.07, 6.45) is 11.8. The van der Waals surface area contributed by atoms with E-state index in [4.69, 9.17) is 0 Å². The van der Waals surface area contributed by atoms with Gasteiger partial charge in [-0.25, -0.2) is 0 Å². The average Bonchev–Trinajstić information content (AvgIpc) is 2.56. The second kappa shape index (κ2) is 6.02. The van der Waals surface area contributed by atoms with Gasteiger partial charge in [0.15, 0.2) is 0 Å². The summed E-state index contributed by atoms with van der Waals surface area (Å²) in [5, 5.41) is 3.66. The smallest absolute Gasteiger partial charge is 0.0138 e. The van der Waals surface area contributed by atoms with E-state index in [1.807, 2.05) is 0 Å². The number of rotatable bonds is 5. The van der Waals surface area contributed by atoms with E-state index in [0.717, 1.165) is 0 Å². The zero-order valence-corrected chi connectivity index (χ0v) is 9.72. The van der Waals surface area contributed by atoms with Crippen LogP contribution in [0.2, 0.25) is 0 Å². The van der Waals surface area contributed by atoms with Gasteiger partial charge in [-0.05, 0) is 46.5 Å². The minimum Gasteiger partial charge on any atom is -0.311 e. The Morgan fingerprint density at radius 3 is 2.64 bits per heavy atom. The van der Waals surface area contributed by atoms with Crippen LogP contribution in [-0.4, -0.2) is 12.1 Å². The Kier molecular flexibility index (Phi) is 4.95. The van der Waals surface area contributed by atoms with Crippen molar-refractivity contribution < 1.29 is 0 Å². The lowest BCUT2D eigenvalue weighted by Crippen LogP contribution is -2.34. The average molecular weight is 193 g/mol. The largest absolute Gasteiger partial charge is 0.311 e. The molecule has 14 heavy (non-hydrogen) atoms. The summed E-state index contributed by atoms with van der Waals surface area (Å²) in [5.41, 5.74) is 1.43. The second-order valence-electron chi connectivity index (χ2n) is 4.57. The van der Waals surface area contributed by atoms with E-state index < -0.39 is 0 Å². The predicted molar refractivity (Wildman–Crippen MR) is 63.4 cm³/mol. The van der Waals surface area contributed by atoms with Crippen LogP contribution in [0.4, 0.5) is 0 Å². The molecule has 0 heterocycles. The molecule has 0 aromatic heterocycles. The van der Waals surface area contributed by atoms with Gasteiger partial charge in [0.1, 0.15) is 0 Å². The fourth-order valence-electron chi connectivity index (χ4n) is 1.86. The fourth-order valence-corrected chi connectivity index (χ4v) is 1.86. The highest BCUT2D eigenvalue weighted by Crippen LogP contribution is 2.11. The Morgan fingerprint density at radius 2 is 2.07 bits per heavy atom. The first-order valence-electron chi connectivity index (χ1n) is 5.73. The van der Waals surface area contributed by atoms with Gasteiger partial charge in [-0.15, -0.1) is 0 Å². The Bertz CT molecular complexity index is 203. The van der Waals surface area contributed by atoms with Crippen molar-refractivity contribution in [2.45, 2.75) is 58.5 Å². The molecule has 0 saturated heterocycles. The number of nitrogens with one attached hydrogen (secondary N) is 1. The molecule has 1 rings (SSSR count). The van der Waals surface area contributed by atoms with Gasteiger partial charge >= 0.3 is 0 Å². The van der Waals surface area contributed by atoms with Crippen molar-refractivity contribution in [2.24, 2.45) is 0 Å². The van der Waals surface area contributed by atoms with E-state index in [0.29, 0.717) is 12.1 Å². The van der Waals surface area contributed by atoms with E-state index in [1.165, 1.54) is 31.3 Å². The molecule has 0 saturated carbocycles. The zero-order valence-electron chi connectivity index (χ0n) is 9.72. The van der Waals surface area contributed by atoms with Gasteiger partial charge in [0.25, 0.3) is 0 Å². The third kappa shape index (κ3) is 4.61. The van der Waals surface area contributed by atoms with Gasteiger partial charge in [0.05, 0.1) is 0 Å². The first-order valence-corrected chi connectivity index (χ1v) is 5.73. The molecule has 0 aromatic carbocycles. The summed E-state index contributed by atoms with van der Waals surface area (Å²) >= 11 is 0. The highest BCUT2D eigenvalue weighted by molar-refractivity contribution is 4.98. The molecule has 1 atom stereocenters. The Hall–Kier alpha value is -0.560. The Balaban J connectivity index is 2.09. The monoisotopic (exact) mass is 193 g/mol. The number of hydrogen-bond acceptors (Lipinski definition) is 1. The summed E-state index contributed by atoms with van der Waals surface area (Å²) in [5.74, 6) is 0. The molecule has 1 nitrogen and oxygen atoms in total. The van der Waals surface area contributed by atoms with Gasteiger partial charge in [-0.1, -0.05) is 23.8 Å². The van der Waals surface area contributed by atoms with E-state index in [2.05, 4.69) is 44.3 Å². The Morgan fingerprint density at radius 1 is 1.43 bits per heavy atom. The summed E-state index contributed by atoms with van der Waals surface area (Å²) in [6, 6.07) is 1.35. The van der Waals surface area contributed by atoms with E-state index in [1.54, 1.807) is 0 Å². The number of hydrogen-bond donors (Lipinski definition) is 1. The third-order valence-electron chi connectivity index (χ3n) is 2.68. The minimum absolute atomic E-state index is 0.649. The quantitative estimate of drug-likeness (QED) is 0.660. The first-order chi connectivity index (χ1) is 6.68. The van der Waals surface area contributed by atoms with Crippen LogP contribution in [0.15, 0.2) is 23.8 Å². The van der Waals surface area contributed by atoms with Crippen LogP contribution in [0.5, 0.6) is 0 Å².